The van der Waals surface area contributed by atoms with Gasteiger partial charge in [0.15, 0.2) is 0 Å². The first-order chi connectivity index (χ1) is 8.37. The molecule has 2 atom stereocenters. The molecule has 0 amide bonds. The first kappa shape index (κ1) is 15.3. The van der Waals surface area contributed by atoms with Crippen LogP contribution in [0.4, 0.5) is 0 Å². The van der Waals surface area contributed by atoms with Crippen molar-refractivity contribution in [2.75, 3.05) is 13.7 Å². The van der Waals surface area contributed by atoms with Crippen LogP contribution in [0.1, 0.15) is 25.7 Å². The fourth-order valence-electron chi connectivity index (χ4n) is 2.32. The topological polar surface area (TPSA) is 96.2 Å². The van der Waals surface area contributed by atoms with Crippen molar-refractivity contribution in [3.05, 3.63) is 12.7 Å². The molecule has 0 bridgehead atoms. The maximum absolute atomic E-state index is 11.3. The Morgan fingerprint density at radius 1 is 1.56 bits per heavy atom. The van der Waals surface area contributed by atoms with E-state index in [1.807, 2.05) is 0 Å². The first-order valence-electron chi connectivity index (χ1n) is 5.88. The molecule has 1 fully saturated rings. The van der Waals surface area contributed by atoms with Crippen molar-refractivity contribution in [3.8, 4) is 0 Å². The molecule has 1 rings (SSSR count). The van der Waals surface area contributed by atoms with Crippen LogP contribution in [0.5, 0.6) is 0 Å². The Balaban J connectivity index is 2.99. The van der Waals surface area contributed by atoms with Gasteiger partial charge in [0.25, 0.3) is 0 Å². The van der Waals surface area contributed by atoms with E-state index in [1.165, 1.54) is 13.2 Å². The van der Waals surface area contributed by atoms with Gasteiger partial charge in [-0.25, -0.2) is 0 Å². The van der Waals surface area contributed by atoms with Crippen molar-refractivity contribution in [1.82, 2.24) is 0 Å². The number of carbonyl (C=O) groups excluding carboxylic acids is 1. The molecule has 104 valence electrons. The highest BCUT2D eigenvalue weighted by molar-refractivity contribution is 6.60. The molecule has 0 aromatic heterocycles. The summed E-state index contributed by atoms with van der Waals surface area (Å²) >= 11 is 0. The second kappa shape index (κ2) is 5.94. The fourth-order valence-corrected chi connectivity index (χ4v) is 3.85. The Morgan fingerprint density at radius 3 is 2.61 bits per heavy atom. The van der Waals surface area contributed by atoms with Gasteiger partial charge in [-0.1, -0.05) is 6.08 Å². The zero-order valence-electron chi connectivity index (χ0n) is 10.5. The molecule has 7 heteroatoms. The van der Waals surface area contributed by atoms with E-state index in [0.717, 1.165) is 6.42 Å². The highest BCUT2D eigenvalue weighted by Gasteiger charge is 2.60. The highest BCUT2D eigenvalue weighted by atomic mass is 28.4. The quantitative estimate of drug-likeness (QED) is 0.364. The van der Waals surface area contributed by atoms with E-state index < -0.39 is 25.9 Å². The summed E-state index contributed by atoms with van der Waals surface area (Å²) in [5.74, 6) is -1.19. The predicted octanol–water partition coefficient (Wildman–Crippen LogP) is -0.254. The van der Waals surface area contributed by atoms with Gasteiger partial charge in [0, 0.05) is 12.5 Å². The summed E-state index contributed by atoms with van der Waals surface area (Å²) < 4.78 is 10.0. The molecule has 0 aromatic rings. The third-order valence-electron chi connectivity index (χ3n) is 3.37. The SMILES string of the molecule is C=CC(CC(=O)OC)C1([Si](O)(O)O)CCCCO1. The summed E-state index contributed by atoms with van der Waals surface area (Å²) in [4.78, 5) is 40.5. The van der Waals surface area contributed by atoms with Crippen molar-refractivity contribution in [1.29, 1.82) is 0 Å². The standard InChI is InChI=1S/C11H20O6Si/c1-3-9(8-10(12)16-2)11(18(13,14)15)6-4-5-7-17-11/h3,9,13-15H,1,4-8H2,2H3. The smallest absolute Gasteiger partial charge is 0.469 e. The van der Waals surface area contributed by atoms with Crippen LogP contribution in [0.15, 0.2) is 12.7 Å². The molecule has 2 unspecified atom stereocenters. The lowest BCUT2D eigenvalue weighted by molar-refractivity contribution is -0.146. The van der Waals surface area contributed by atoms with E-state index in [1.54, 1.807) is 0 Å². The molecule has 0 spiro atoms. The van der Waals surface area contributed by atoms with Crippen LogP contribution in [0.25, 0.3) is 0 Å². The molecule has 6 nitrogen and oxygen atoms in total. The van der Waals surface area contributed by atoms with E-state index in [0.29, 0.717) is 13.0 Å². The minimum absolute atomic E-state index is 0.101. The summed E-state index contributed by atoms with van der Waals surface area (Å²) in [6, 6.07) is 0. The van der Waals surface area contributed by atoms with E-state index in [9.17, 15) is 19.2 Å². The Hall–Kier alpha value is -0.733. The average Bonchev–Trinajstić information content (AvgIpc) is 2.35. The normalized spacial score (nSPS) is 26.4. The van der Waals surface area contributed by atoms with Gasteiger partial charge < -0.3 is 23.9 Å². The Morgan fingerprint density at radius 2 is 2.22 bits per heavy atom. The highest BCUT2D eigenvalue weighted by Crippen LogP contribution is 2.39. The average molecular weight is 276 g/mol. The number of carbonyl (C=O) groups is 1. The number of ether oxygens (including phenoxy) is 2. The van der Waals surface area contributed by atoms with Gasteiger partial charge in [-0.05, 0) is 19.3 Å². The van der Waals surface area contributed by atoms with Crippen LogP contribution in [0.2, 0.25) is 0 Å². The van der Waals surface area contributed by atoms with Gasteiger partial charge >= 0.3 is 14.8 Å². The molecule has 0 saturated carbocycles. The van der Waals surface area contributed by atoms with Crippen molar-refractivity contribution in [2.24, 2.45) is 5.92 Å². The van der Waals surface area contributed by atoms with E-state index >= 15 is 0 Å². The third-order valence-corrected chi connectivity index (χ3v) is 5.27. The molecule has 18 heavy (non-hydrogen) atoms. The predicted molar refractivity (Wildman–Crippen MR) is 65.3 cm³/mol. The molecule has 0 radical (unpaired) electrons. The van der Waals surface area contributed by atoms with Gasteiger partial charge in [-0.3, -0.25) is 4.79 Å². The number of esters is 1. The van der Waals surface area contributed by atoms with Crippen LogP contribution in [-0.2, 0) is 14.3 Å². The van der Waals surface area contributed by atoms with Gasteiger partial charge in [0.1, 0.15) is 5.22 Å². The van der Waals surface area contributed by atoms with E-state index in [-0.39, 0.29) is 12.8 Å². The number of rotatable bonds is 5. The third kappa shape index (κ3) is 2.98. The minimum atomic E-state index is -4.57. The summed E-state index contributed by atoms with van der Waals surface area (Å²) in [6.07, 6.45) is 3.08. The Bertz CT molecular complexity index is 305. The van der Waals surface area contributed by atoms with Gasteiger partial charge in [-0.2, -0.15) is 0 Å². The van der Waals surface area contributed by atoms with Gasteiger partial charge in [-0.15, -0.1) is 6.58 Å². The first-order valence-corrected chi connectivity index (χ1v) is 7.72. The molecule has 1 aliphatic rings. The van der Waals surface area contributed by atoms with Crippen molar-refractivity contribution in [2.45, 2.75) is 30.9 Å². The van der Waals surface area contributed by atoms with Crippen molar-refractivity contribution in [3.63, 3.8) is 0 Å². The largest absolute Gasteiger partial charge is 0.527 e. The zero-order valence-corrected chi connectivity index (χ0v) is 11.5. The van der Waals surface area contributed by atoms with Crippen LogP contribution in [-0.4, -0.2) is 48.1 Å². The van der Waals surface area contributed by atoms with Crippen LogP contribution in [0, 0.1) is 5.92 Å². The fraction of sp³-hybridized carbons (Fsp3) is 0.727. The van der Waals surface area contributed by atoms with Gasteiger partial charge in [0.05, 0.1) is 13.5 Å². The number of methoxy groups -OCH3 is 1. The molecule has 0 aliphatic carbocycles. The van der Waals surface area contributed by atoms with Crippen LogP contribution < -0.4 is 0 Å². The summed E-state index contributed by atoms with van der Waals surface area (Å²) in [6.45, 7) is 3.90. The molecule has 1 saturated heterocycles. The maximum Gasteiger partial charge on any atom is 0.527 e. The Labute approximate surface area is 107 Å². The van der Waals surface area contributed by atoms with Crippen molar-refractivity contribution < 1.29 is 28.7 Å². The number of hydrogen-bond acceptors (Lipinski definition) is 6. The van der Waals surface area contributed by atoms with Crippen molar-refractivity contribution >= 4 is 14.8 Å². The Kier molecular flexibility index (Phi) is 5.06. The summed E-state index contributed by atoms with van der Waals surface area (Å²) in [5, 5.41) is -1.50. The zero-order chi connectivity index (χ0) is 13.8. The minimum Gasteiger partial charge on any atom is -0.469 e. The van der Waals surface area contributed by atoms with Crippen LogP contribution >= 0.6 is 0 Å². The lowest BCUT2D eigenvalue weighted by Gasteiger charge is -2.44. The molecule has 0 aromatic carbocycles. The molecule has 1 heterocycles. The molecule has 1 aliphatic heterocycles. The maximum atomic E-state index is 11.3. The summed E-state index contributed by atoms with van der Waals surface area (Å²) in [7, 11) is -3.32. The van der Waals surface area contributed by atoms with Crippen LogP contribution in [0.3, 0.4) is 0 Å². The van der Waals surface area contributed by atoms with Gasteiger partial charge in [0.2, 0.25) is 0 Å². The monoisotopic (exact) mass is 276 g/mol. The second-order valence-electron chi connectivity index (χ2n) is 4.45. The molecular formula is C11H20O6Si. The lowest BCUT2D eigenvalue weighted by Crippen LogP contribution is -2.66. The second-order valence-corrected chi connectivity index (χ2v) is 6.57. The number of hydrogen-bond donors (Lipinski definition) is 3. The molecule has 3 N–H and O–H groups in total. The lowest BCUT2D eigenvalue weighted by atomic mass is 9.92. The summed E-state index contributed by atoms with van der Waals surface area (Å²) in [5.41, 5.74) is 0. The molecular weight excluding hydrogens is 256 g/mol. The van der Waals surface area contributed by atoms with E-state index in [2.05, 4.69) is 11.3 Å². The van der Waals surface area contributed by atoms with E-state index in [4.69, 9.17) is 4.74 Å².